The van der Waals surface area contributed by atoms with Crippen LogP contribution in [0.4, 0.5) is 0 Å². The van der Waals surface area contributed by atoms with Crippen molar-refractivity contribution in [3.05, 3.63) is 0 Å². The Morgan fingerprint density at radius 2 is 1.50 bits per heavy atom. The first kappa shape index (κ1) is 8.20. The first-order valence-corrected chi connectivity index (χ1v) is 4.83. The molecule has 0 aromatic heterocycles. The molecular formula is C9H16N2O. The van der Waals surface area contributed by atoms with Crippen molar-refractivity contribution in [3.63, 3.8) is 0 Å². The van der Waals surface area contributed by atoms with Crippen molar-refractivity contribution in [1.29, 1.82) is 0 Å². The first-order chi connectivity index (χ1) is 5.88. The maximum atomic E-state index is 11.8. The Hall–Kier alpha value is -0.410. The van der Waals surface area contributed by atoms with Gasteiger partial charge in [-0.25, -0.2) is 0 Å². The molecule has 68 valence electrons. The van der Waals surface area contributed by atoms with Gasteiger partial charge in [0.2, 0.25) is 0 Å². The lowest BCUT2D eigenvalue weighted by molar-refractivity contribution is -0.125. The third-order valence-corrected chi connectivity index (χ3v) is 2.93. The minimum atomic E-state index is 0.315. The lowest BCUT2D eigenvalue weighted by atomic mass is 9.91. The molecule has 2 atom stereocenters. The van der Waals surface area contributed by atoms with Crippen LogP contribution in [-0.4, -0.2) is 32.0 Å². The van der Waals surface area contributed by atoms with Crippen molar-refractivity contribution in [3.8, 4) is 0 Å². The summed E-state index contributed by atoms with van der Waals surface area (Å²) >= 11 is 0. The molecule has 2 fully saturated rings. The summed E-state index contributed by atoms with van der Waals surface area (Å²) in [5.74, 6) is 1.12. The second kappa shape index (κ2) is 3.54. The van der Waals surface area contributed by atoms with E-state index in [1.54, 1.807) is 0 Å². The number of hydrogen-bond donors (Lipinski definition) is 2. The number of hydrogen-bond acceptors (Lipinski definition) is 3. The zero-order valence-corrected chi connectivity index (χ0v) is 7.31. The first-order valence-electron chi connectivity index (χ1n) is 4.83. The molecule has 2 N–H and O–H groups in total. The molecule has 3 heteroatoms. The Balaban J connectivity index is 1.89. The van der Waals surface area contributed by atoms with Crippen LogP contribution in [-0.2, 0) is 4.79 Å². The summed E-state index contributed by atoms with van der Waals surface area (Å²) < 4.78 is 0. The average Bonchev–Trinajstić information content (AvgIpc) is 2.77. The number of carbonyl (C=O) groups excluding carboxylic acids is 1. The highest BCUT2D eigenvalue weighted by molar-refractivity contribution is 5.84. The van der Waals surface area contributed by atoms with Crippen LogP contribution in [0.1, 0.15) is 12.8 Å². The maximum Gasteiger partial charge on any atom is 0.141 e. The number of nitrogens with one attached hydrogen (secondary N) is 2. The van der Waals surface area contributed by atoms with Gasteiger partial charge in [0.05, 0.1) is 0 Å². The van der Waals surface area contributed by atoms with Crippen LogP contribution in [0.15, 0.2) is 0 Å². The molecule has 2 aliphatic rings. The van der Waals surface area contributed by atoms with Gasteiger partial charge < -0.3 is 10.6 Å². The normalized spacial score (nSPS) is 35.7. The van der Waals surface area contributed by atoms with E-state index in [2.05, 4.69) is 10.6 Å². The maximum absolute atomic E-state index is 11.8. The van der Waals surface area contributed by atoms with Crippen molar-refractivity contribution < 1.29 is 4.79 Å². The Morgan fingerprint density at radius 3 is 1.83 bits per heavy atom. The molecule has 0 spiro atoms. The summed E-state index contributed by atoms with van der Waals surface area (Å²) in [4.78, 5) is 11.8. The highest BCUT2D eigenvalue weighted by Crippen LogP contribution is 2.18. The van der Waals surface area contributed by atoms with Crippen LogP contribution in [0, 0.1) is 11.8 Å². The molecule has 2 aliphatic heterocycles. The quantitative estimate of drug-likeness (QED) is 0.598. The van der Waals surface area contributed by atoms with E-state index in [0.717, 1.165) is 39.0 Å². The van der Waals surface area contributed by atoms with Gasteiger partial charge in [0.1, 0.15) is 5.78 Å². The second-order valence-corrected chi connectivity index (χ2v) is 3.78. The molecule has 0 unspecified atom stereocenters. The van der Waals surface area contributed by atoms with Gasteiger partial charge in [0.25, 0.3) is 0 Å². The molecule has 0 saturated carbocycles. The highest BCUT2D eigenvalue weighted by atomic mass is 16.1. The lowest BCUT2D eigenvalue weighted by Gasteiger charge is -2.11. The summed E-state index contributed by atoms with van der Waals surface area (Å²) in [6.07, 6.45) is 2.10. The van der Waals surface area contributed by atoms with Gasteiger partial charge >= 0.3 is 0 Å². The fraction of sp³-hybridized carbons (Fsp3) is 0.889. The predicted octanol–water partition coefficient (Wildman–Crippen LogP) is -0.225. The zero-order valence-electron chi connectivity index (χ0n) is 7.31. The molecule has 2 saturated heterocycles. The van der Waals surface area contributed by atoms with Crippen LogP contribution in [0.5, 0.6) is 0 Å². The molecule has 2 rings (SSSR count). The summed E-state index contributed by atoms with van der Waals surface area (Å²) in [6, 6.07) is 0. The second-order valence-electron chi connectivity index (χ2n) is 3.78. The Kier molecular flexibility index (Phi) is 2.42. The van der Waals surface area contributed by atoms with E-state index in [1.807, 2.05) is 0 Å². The van der Waals surface area contributed by atoms with E-state index in [9.17, 15) is 4.79 Å². The summed E-state index contributed by atoms with van der Waals surface area (Å²) in [5, 5.41) is 6.47. The van der Waals surface area contributed by atoms with Gasteiger partial charge in [-0.05, 0) is 25.9 Å². The van der Waals surface area contributed by atoms with E-state index < -0.39 is 0 Å². The summed E-state index contributed by atoms with van der Waals surface area (Å²) in [6.45, 7) is 3.87. The van der Waals surface area contributed by atoms with Crippen LogP contribution >= 0.6 is 0 Å². The number of carbonyl (C=O) groups is 1. The molecule has 0 amide bonds. The number of rotatable bonds is 2. The van der Waals surface area contributed by atoms with E-state index >= 15 is 0 Å². The van der Waals surface area contributed by atoms with Gasteiger partial charge in [-0.1, -0.05) is 0 Å². The predicted molar refractivity (Wildman–Crippen MR) is 47.0 cm³/mol. The molecule has 0 bridgehead atoms. The largest absolute Gasteiger partial charge is 0.316 e. The molecule has 12 heavy (non-hydrogen) atoms. The van der Waals surface area contributed by atoms with Crippen molar-refractivity contribution in [1.82, 2.24) is 10.6 Å². The third kappa shape index (κ3) is 1.52. The van der Waals surface area contributed by atoms with Gasteiger partial charge in [0, 0.05) is 24.9 Å². The van der Waals surface area contributed by atoms with E-state index in [1.165, 1.54) is 0 Å². The standard InChI is InChI=1S/C9H16N2O/c12-9(7-1-3-10-5-7)8-2-4-11-6-8/h7-8,10-11H,1-6H2/t7-,8-/m0/s1. The van der Waals surface area contributed by atoms with Crippen molar-refractivity contribution >= 4 is 5.78 Å². The van der Waals surface area contributed by atoms with Crippen LogP contribution in [0.3, 0.4) is 0 Å². The average molecular weight is 168 g/mol. The number of ketones is 1. The topological polar surface area (TPSA) is 41.1 Å². The molecule has 2 heterocycles. The third-order valence-electron chi connectivity index (χ3n) is 2.93. The molecular weight excluding hydrogens is 152 g/mol. The fourth-order valence-corrected chi connectivity index (χ4v) is 2.13. The minimum absolute atomic E-state index is 0.315. The molecule has 3 nitrogen and oxygen atoms in total. The highest BCUT2D eigenvalue weighted by Gasteiger charge is 2.30. The van der Waals surface area contributed by atoms with Crippen LogP contribution in [0.25, 0.3) is 0 Å². The van der Waals surface area contributed by atoms with Gasteiger partial charge in [0.15, 0.2) is 0 Å². The monoisotopic (exact) mass is 168 g/mol. The van der Waals surface area contributed by atoms with E-state index in [0.29, 0.717) is 17.6 Å². The fourth-order valence-electron chi connectivity index (χ4n) is 2.13. The Morgan fingerprint density at radius 1 is 1.00 bits per heavy atom. The van der Waals surface area contributed by atoms with Crippen LogP contribution in [0.2, 0.25) is 0 Å². The van der Waals surface area contributed by atoms with Crippen molar-refractivity contribution in [2.45, 2.75) is 12.8 Å². The Bertz CT molecular complexity index is 151. The molecule has 0 aromatic rings. The summed E-state index contributed by atoms with van der Waals surface area (Å²) in [5.41, 5.74) is 0. The SMILES string of the molecule is O=C([C@H]1CCNC1)[C@H]1CCNC1. The van der Waals surface area contributed by atoms with E-state index in [-0.39, 0.29) is 0 Å². The van der Waals surface area contributed by atoms with Gasteiger partial charge in [-0.15, -0.1) is 0 Å². The molecule has 0 radical (unpaired) electrons. The zero-order chi connectivity index (χ0) is 8.39. The van der Waals surface area contributed by atoms with Gasteiger partial charge in [-0.2, -0.15) is 0 Å². The summed E-state index contributed by atoms with van der Waals surface area (Å²) in [7, 11) is 0. The number of Topliss-reactive ketones (excluding diaryl/α,β-unsaturated/α-hetero) is 1. The van der Waals surface area contributed by atoms with E-state index in [4.69, 9.17) is 0 Å². The molecule has 0 aliphatic carbocycles. The minimum Gasteiger partial charge on any atom is -0.316 e. The lowest BCUT2D eigenvalue weighted by Crippen LogP contribution is -2.26. The van der Waals surface area contributed by atoms with Gasteiger partial charge in [-0.3, -0.25) is 4.79 Å². The molecule has 0 aromatic carbocycles. The Labute approximate surface area is 72.9 Å². The van der Waals surface area contributed by atoms with Crippen molar-refractivity contribution in [2.24, 2.45) is 11.8 Å². The van der Waals surface area contributed by atoms with Crippen LogP contribution < -0.4 is 10.6 Å². The smallest absolute Gasteiger partial charge is 0.141 e. The van der Waals surface area contributed by atoms with Crippen molar-refractivity contribution in [2.75, 3.05) is 26.2 Å².